The van der Waals surface area contributed by atoms with E-state index in [-0.39, 0.29) is 11.9 Å². The van der Waals surface area contributed by atoms with Crippen molar-refractivity contribution >= 4 is 5.91 Å². The molecule has 3 aromatic rings. The number of carbonyl (C=O) groups excluding carboxylic acids is 1. The van der Waals surface area contributed by atoms with E-state index < -0.39 is 0 Å². The Morgan fingerprint density at radius 1 is 1.07 bits per heavy atom. The zero-order valence-electron chi connectivity index (χ0n) is 16.7. The van der Waals surface area contributed by atoms with Gasteiger partial charge in [-0.05, 0) is 50.2 Å². The number of nitrogens with one attached hydrogen (secondary N) is 1. The molecule has 2 aromatic heterocycles. The number of aromatic nitrogens is 4. The second-order valence-corrected chi connectivity index (χ2v) is 8.06. The lowest BCUT2D eigenvalue weighted by molar-refractivity contribution is 0.0937. The van der Waals surface area contributed by atoms with Crippen LogP contribution >= 0.6 is 0 Å². The molecular weight excluding hydrogens is 362 g/mol. The summed E-state index contributed by atoms with van der Waals surface area (Å²) in [5.41, 5.74) is 6.01. The molecule has 1 N–H and O–H groups in total. The van der Waals surface area contributed by atoms with Crippen molar-refractivity contribution in [2.24, 2.45) is 0 Å². The highest BCUT2D eigenvalue weighted by molar-refractivity contribution is 5.95. The van der Waals surface area contributed by atoms with E-state index in [1.807, 2.05) is 13.1 Å². The van der Waals surface area contributed by atoms with Gasteiger partial charge in [-0.1, -0.05) is 37.1 Å². The van der Waals surface area contributed by atoms with Crippen molar-refractivity contribution in [1.29, 1.82) is 0 Å². The molecule has 0 aliphatic heterocycles. The molecule has 0 unspecified atom stereocenters. The molecule has 6 heteroatoms. The van der Waals surface area contributed by atoms with Crippen molar-refractivity contribution in [2.75, 3.05) is 0 Å². The third-order valence-electron chi connectivity index (χ3n) is 6.15. The molecule has 6 nitrogen and oxygen atoms in total. The van der Waals surface area contributed by atoms with Gasteiger partial charge >= 0.3 is 0 Å². The summed E-state index contributed by atoms with van der Waals surface area (Å²) in [6.07, 6.45) is 11.2. The number of fused-ring (bicyclic) bond motifs is 3. The number of carbonyl (C=O) groups is 1. The van der Waals surface area contributed by atoms with Gasteiger partial charge in [-0.15, -0.1) is 0 Å². The molecule has 5 rings (SSSR count). The predicted octanol–water partition coefficient (Wildman–Crippen LogP) is 3.80. The van der Waals surface area contributed by atoms with Crippen LogP contribution in [0.3, 0.4) is 0 Å². The largest absolute Gasteiger partial charge is 0.349 e. The number of nitrogens with zero attached hydrogens (tertiary/aromatic N) is 4. The van der Waals surface area contributed by atoms with E-state index in [0.717, 1.165) is 43.5 Å². The van der Waals surface area contributed by atoms with Crippen LogP contribution < -0.4 is 5.32 Å². The van der Waals surface area contributed by atoms with Crippen LogP contribution in [0.2, 0.25) is 0 Å². The van der Waals surface area contributed by atoms with Crippen LogP contribution in [0.4, 0.5) is 0 Å². The smallest absolute Gasteiger partial charge is 0.254 e. The Morgan fingerprint density at radius 3 is 2.72 bits per heavy atom. The number of aryl methyl sites for hydroxylation is 2. The molecule has 148 valence electrons. The number of rotatable bonds is 3. The molecule has 0 radical (unpaired) electrons. The minimum atomic E-state index is -0.0549. The molecule has 1 saturated carbocycles. The molecule has 0 bridgehead atoms. The van der Waals surface area contributed by atoms with E-state index in [4.69, 9.17) is 4.98 Å². The molecular formula is C23H25N5O. The molecule has 0 atom stereocenters. The normalized spacial score (nSPS) is 16.2. The van der Waals surface area contributed by atoms with Gasteiger partial charge in [0.15, 0.2) is 0 Å². The maximum absolute atomic E-state index is 12.7. The Balaban J connectivity index is 1.49. The fourth-order valence-corrected chi connectivity index (χ4v) is 4.52. The van der Waals surface area contributed by atoms with Crippen LogP contribution in [0.25, 0.3) is 17.2 Å². The highest BCUT2D eigenvalue weighted by atomic mass is 16.1. The summed E-state index contributed by atoms with van der Waals surface area (Å²) in [4.78, 5) is 22.2. The van der Waals surface area contributed by atoms with Gasteiger partial charge in [0.1, 0.15) is 0 Å². The maximum atomic E-state index is 12.7. The van der Waals surface area contributed by atoms with Gasteiger partial charge in [0.25, 0.3) is 11.9 Å². The number of hydrogen-bond acceptors (Lipinski definition) is 4. The Labute approximate surface area is 170 Å². The van der Waals surface area contributed by atoms with E-state index >= 15 is 0 Å². The summed E-state index contributed by atoms with van der Waals surface area (Å²) in [5.74, 6) is 0.457. The van der Waals surface area contributed by atoms with E-state index in [1.165, 1.54) is 29.5 Å². The van der Waals surface area contributed by atoms with Gasteiger partial charge in [-0.2, -0.15) is 5.10 Å². The molecule has 2 heterocycles. The third kappa shape index (κ3) is 3.33. The Bertz CT molecular complexity index is 1060. The summed E-state index contributed by atoms with van der Waals surface area (Å²) in [6, 6.07) is 8.73. The van der Waals surface area contributed by atoms with E-state index in [1.54, 1.807) is 10.9 Å². The summed E-state index contributed by atoms with van der Waals surface area (Å²) in [6.45, 7) is 1.90. The topological polar surface area (TPSA) is 72.7 Å². The van der Waals surface area contributed by atoms with Gasteiger partial charge in [-0.25, -0.2) is 14.6 Å². The van der Waals surface area contributed by atoms with Gasteiger partial charge in [0.2, 0.25) is 0 Å². The first-order chi connectivity index (χ1) is 14.2. The fourth-order valence-electron chi connectivity index (χ4n) is 4.52. The zero-order chi connectivity index (χ0) is 19.8. The van der Waals surface area contributed by atoms with Crippen LogP contribution in [-0.4, -0.2) is 31.7 Å². The summed E-state index contributed by atoms with van der Waals surface area (Å²) in [7, 11) is 0. The van der Waals surface area contributed by atoms with Gasteiger partial charge in [0, 0.05) is 17.8 Å². The Morgan fingerprint density at radius 2 is 1.86 bits per heavy atom. The first-order valence-electron chi connectivity index (χ1n) is 10.5. The molecule has 1 aromatic carbocycles. The maximum Gasteiger partial charge on any atom is 0.254 e. The van der Waals surface area contributed by atoms with Crippen molar-refractivity contribution in [1.82, 2.24) is 25.1 Å². The van der Waals surface area contributed by atoms with Crippen molar-refractivity contribution < 1.29 is 4.79 Å². The average Bonchev–Trinajstić information content (AvgIpc) is 3.34. The van der Waals surface area contributed by atoms with Gasteiger partial charge < -0.3 is 5.32 Å². The van der Waals surface area contributed by atoms with Crippen LogP contribution in [0.1, 0.15) is 59.3 Å². The minimum Gasteiger partial charge on any atom is -0.349 e. The van der Waals surface area contributed by atoms with Crippen molar-refractivity contribution in [3.63, 3.8) is 0 Å². The van der Waals surface area contributed by atoms with Crippen molar-refractivity contribution in [3.8, 4) is 17.2 Å². The molecule has 29 heavy (non-hydrogen) atoms. The lowest BCUT2D eigenvalue weighted by atomic mass is 10.0. The summed E-state index contributed by atoms with van der Waals surface area (Å²) >= 11 is 0. The molecule has 0 saturated heterocycles. The van der Waals surface area contributed by atoms with Gasteiger partial charge in [-0.3, -0.25) is 4.79 Å². The van der Waals surface area contributed by atoms with E-state index in [9.17, 15) is 4.79 Å². The SMILES string of the molecule is Cc1c(C(=O)NC2CCCC2)cnn1-c1ncc2c(n1)-c1ccccc1CCC2. The molecule has 1 amide bonds. The number of hydrogen-bond donors (Lipinski definition) is 1. The first kappa shape index (κ1) is 18.0. The van der Waals surface area contributed by atoms with E-state index in [2.05, 4.69) is 39.7 Å². The molecule has 0 spiro atoms. The molecule has 1 fully saturated rings. The monoisotopic (exact) mass is 387 g/mol. The van der Waals surface area contributed by atoms with Crippen molar-refractivity contribution in [3.05, 3.63) is 59.0 Å². The first-order valence-corrected chi connectivity index (χ1v) is 10.5. The standard InChI is InChI=1S/C23H25N5O/c1-15-20(22(29)26-18-10-3-4-11-18)14-25-28(15)23-24-13-17-9-6-8-16-7-2-5-12-19(16)21(17)27-23/h2,5,7,12-14,18H,3-4,6,8-11H2,1H3,(H,26,29). The average molecular weight is 387 g/mol. The van der Waals surface area contributed by atoms with Crippen molar-refractivity contribution in [2.45, 2.75) is 57.9 Å². The van der Waals surface area contributed by atoms with Gasteiger partial charge in [0.05, 0.1) is 23.1 Å². The minimum absolute atomic E-state index is 0.0549. The lowest BCUT2D eigenvalue weighted by Crippen LogP contribution is -2.32. The number of benzene rings is 1. The fraction of sp³-hybridized carbons (Fsp3) is 0.391. The summed E-state index contributed by atoms with van der Waals surface area (Å²) in [5, 5.41) is 7.58. The number of amides is 1. The van der Waals surface area contributed by atoms with E-state index in [0.29, 0.717) is 11.5 Å². The second-order valence-electron chi connectivity index (χ2n) is 8.06. The van der Waals surface area contributed by atoms with Crippen LogP contribution in [0.15, 0.2) is 36.7 Å². The molecule has 2 aliphatic carbocycles. The lowest BCUT2D eigenvalue weighted by Gasteiger charge is -2.12. The Kier molecular flexibility index (Phi) is 4.62. The molecule has 2 aliphatic rings. The highest BCUT2D eigenvalue weighted by Gasteiger charge is 2.23. The predicted molar refractivity (Wildman–Crippen MR) is 111 cm³/mol. The third-order valence-corrected chi connectivity index (χ3v) is 6.15. The quantitative estimate of drug-likeness (QED) is 0.742. The highest BCUT2D eigenvalue weighted by Crippen LogP contribution is 2.31. The zero-order valence-corrected chi connectivity index (χ0v) is 16.7. The van der Waals surface area contributed by atoms with Crippen LogP contribution in [0, 0.1) is 6.92 Å². The van der Waals surface area contributed by atoms with Crippen LogP contribution in [0.5, 0.6) is 0 Å². The second kappa shape index (κ2) is 7.43. The Hall–Kier alpha value is -3.02. The summed E-state index contributed by atoms with van der Waals surface area (Å²) < 4.78 is 1.68. The van der Waals surface area contributed by atoms with Crippen LogP contribution in [-0.2, 0) is 12.8 Å².